The summed E-state index contributed by atoms with van der Waals surface area (Å²) in [5, 5.41) is 11.7. The molecule has 4 nitrogen and oxygen atoms in total. The van der Waals surface area contributed by atoms with E-state index >= 15 is 0 Å². The third kappa shape index (κ3) is 5.97. The summed E-state index contributed by atoms with van der Waals surface area (Å²) in [5.41, 5.74) is 1.01. The molecule has 0 aliphatic carbocycles. The van der Waals surface area contributed by atoms with Gasteiger partial charge in [-0.15, -0.1) is 11.8 Å². The maximum Gasteiger partial charge on any atom is 0.234 e. The number of benzene rings is 2. The van der Waals surface area contributed by atoms with Gasteiger partial charge >= 0.3 is 0 Å². The van der Waals surface area contributed by atoms with Crippen molar-refractivity contribution in [1.82, 2.24) is 0 Å². The summed E-state index contributed by atoms with van der Waals surface area (Å²) in [5.74, 6) is 1.72. The van der Waals surface area contributed by atoms with Crippen LogP contribution in [0.25, 0.3) is 0 Å². The number of para-hydroxylation sites is 1. The van der Waals surface area contributed by atoms with Gasteiger partial charge in [-0.2, -0.15) is 5.26 Å². The van der Waals surface area contributed by atoms with Crippen LogP contribution in [0.5, 0.6) is 5.75 Å². The lowest BCUT2D eigenvalue weighted by molar-refractivity contribution is -0.113. The van der Waals surface area contributed by atoms with Crippen molar-refractivity contribution in [1.29, 1.82) is 5.26 Å². The minimum atomic E-state index is -0.124. The van der Waals surface area contributed by atoms with Crippen LogP contribution in [0.1, 0.15) is 5.56 Å². The molecule has 0 saturated carbocycles. The van der Waals surface area contributed by atoms with E-state index in [1.54, 1.807) is 24.3 Å². The zero-order chi connectivity index (χ0) is 16.5. The third-order valence-electron chi connectivity index (χ3n) is 2.86. The summed E-state index contributed by atoms with van der Waals surface area (Å²) in [6.07, 6.45) is 0. The van der Waals surface area contributed by atoms with Crippen LogP contribution in [0.2, 0.25) is 0 Å². The number of ether oxygens (including phenoxy) is 1. The molecule has 1 N–H and O–H groups in total. The Morgan fingerprint density at radius 2 is 1.96 bits per heavy atom. The minimum absolute atomic E-state index is 0.124. The number of halogens is 1. The van der Waals surface area contributed by atoms with Gasteiger partial charge in [0.2, 0.25) is 5.91 Å². The maximum atomic E-state index is 11.9. The highest BCUT2D eigenvalue weighted by Gasteiger charge is 2.06. The van der Waals surface area contributed by atoms with Crippen molar-refractivity contribution in [2.75, 3.05) is 23.4 Å². The summed E-state index contributed by atoms with van der Waals surface area (Å²) in [7, 11) is 0. The molecule has 0 aromatic heterocycles. The van der Waals surface area contributed by atoms with Gasteiger partial charge in [0, 0.05) is 10.2 Å². The minimum Gasteiger partial charge on any atom is -0.493 e. The van der Waals surface area contributed by atoms with Gasteiger partial charge in [0.05, 0.1) is 23.6 Å². The second kappa shape index (κ2) is 9.23. The molecular formula is C17H15BrN2O2S. The summed E-state index contributed by atoms with van der Waals surface area (Å²) in [6.45, 7) is 0.536. The Hall–Kier alpha value is -1.97. The normalized spacial score (nSPS) is 9.91. The van der Waals surface area contributed by atoms with Crippen molar-refractivity contribution in [3.05, 3.63) is 58.6 Å². The van der Waals surface area contributed by atoms with E-state index in [4.69, 9.17) is 10.00 Å². The molecule has 0 unspecified atom stereocenters. The number of nitrogens with one attached hydrogen (secondary N) is 1. The number of hydrogen-bond acceptors (Lipinski definition) is 4. The van der Waals surface area contributed by atoms with Crippen LogP contribution in [0.15, 0.2) is 53.0 Å². The first-order valence-corrected chi connectivity index (χ1v) is 8.89. The molecule has 1 amide bonds. The summed E-state index contributed by atoms with van der Waals surface area (Å²) in [4.78, 5) is 11.9. The Kier molecular flexibility index (Phi) is 6.98. The Balaban J connectivity index is 1.67. The number of carbonyl (C=O) groups is 1. The second-order valence-corrected chi connectivity index (χ2v) is 6.58. The molecule has 118 valence electrons. The highest BCUT2D eigenvalue weighted by atomic mass is 79.9. The summed E-state index contributed by atoms with van der Waals surface area (Å²) in [6, 6.07) is 16.6. The van der Waals surface area contributed by atoms with E-state index in [0.717, 1.165) is 10.2 Å². The number of rotatable bonds is 7. The van der Waals surface area contributed by atoms with Crippen LogP contribution in [0.4, 0.5) is 5.69 Å². The van der Waals surface area contributed by atoms with Crippen molar-refractivity contribution < 1.29 is 9.53 Å². The molecule has 0 atom stereocenters. The Bertz CT molecular complexity index is 698. The first-order chi connectivity index (χ1) is 11.2. The molecule has 6 heteroatoms. The van der Waals surface area contributed by atoms with Crippen LogP contribution in [0, 0.1) is 11.3 Å². The zero-order valence-corrected chi connectivity index (χ0v) is 14.7. The smallest absolute Gasteiger partial charge is 0.234 e. The van der Waals surface area contributed by atoms with Gasteiger partial charge in [-0.1, -0.05) is 28.1 Å². The van der Waals surface area contributed by atoms with Crippen LogP contribution in [-0.4, -0.2) is 24.0 Å². The predicted molar refractivity (Wildman–Crippen MR) is 96.7 cm³/mol. The van der Waals surface area contributed by atoms with Gasteiger partial charge in [-0.25, -0.2) is 0 Å². The molecule has 0 radical (unpaired) electrons. The lowest BCUT2D eigenvalue weighted by Gasteiger charge is -2.08. The molecule has 2 aromatic carbocycles. The van der Waals surface area contributed by atoms with E-state index in [0.29, 0.717) is 29.4 Å². The number of nitrogens with zero attached hydrogens (tertiary/aromatic N) is 1. The number of amides is 1. The number of anilines is 1. The summed E-state index contributed by atoms with van der Waals surface area (Å²) < 4.78 is 6.59. The molecule has 23 heavy (non-hydrogen) atoms. The Labute approximate surface area is 148 Å². The fourth-order valence-corrected chi connectivity index (χ4v) is 2.66. The average molecular weight is 391 g/mol. The van der Waals surface area contributed by atoms with E-state index in [2.05, 4.69) is 27.3 Å². The molecule has 0 bridgehead atoms. The number of carbonyl (C=O) groups excluding carboxylic acids is 1. The third-order valence-corrected chi connectivity index (χ3v) is 4.32. The van der Waals surface area contributed by atoms with Gasteiger partial charge in [-0.3, -0.25) is 4.79 Å². The Morgan fingerprint density at radius 3 is 2.70 bits per heavy atom. The maximum absolute atomic E-state index is 11.9. The standard InChI is InChI=1S/C17H15BrN2O2S/c18-14-5-7-15(8-6-14)22-9-10-23-12-17(21)20-16-4-2-1-3-13(16)11-19/h1-8H,9-10,12H2,(H,20,21). The lowest BCUT2D eigenvalue weighted by Crippen LogP contribution is -2.16. The van der Waals surface area contributed by atoms with Gasteiger partial charge in [0.15, 0.2) is 0 Å². The molecule has 0 heterocycles. The van der Waals surface area contributed by atoms with Crippen molar-refractivity contribution in [3.63, 3.8) is 0 Å². The number of thioether (sulfide) groups is 1. The average Bonchev–Trinajstić information content (AvgIpc) is 2.57. The Morgan fingerprint density at radius 1 is 1.22 bits per heavy atom. The van der Waals surface area contributed by atoms with Crippen LogP contribution in [0.3, 0.4) is 0 Å². The molecule has 0 aliphatic heterocycles. The monoisotopic (exact) mass is 390 g/mol. The van der Waals surface area contributed by atoms with Crippen molar-refractivity contribution in [2.45, 2.75) is 0 Å². The number of hydrogen-bond donors (Lipinski definition) is 1. The largest absolute Gasteiger partial charge is 0.493 e. The molecule has 2 rings (SSSR count). The van der Waals surface area contributed by atoms with Crippen LogP contribution < -0.4 is 10.1 Å². The van der Waals surface area contributed by atoms with E-state index in [9.17, 15) is 4.79 Å². The SMILES string of the molecule is N#Cc1ccccc1NC(=O)CSCCOc1ccc(Br)cc1. The van der Waals surface area contributed by atoms with Gasteiger partial charge in [0.1, 0.15) is 11.8 Å². The van der Waals surface area contributed by atoms with Gasteiger partial charge in [0.25, 0.3) is 0 Å². The quantitative estimate of drug-likeness (QED) is 0.723. The first kappa shape index (κ1) is 17.4. The highest BCUT2D eigenvalue weighted by Crippen LogP contribution is 2.17. The molecule has 0 fully saturated rings. The van der Waals surface area contributed by atoms with Gasteiger partial charge < -0.3 is 10.1 Å². The lowest BCUT2D eigenvalue weighted by atomic mass is 10.2. The molecule has 0 saturated heterocycles. The fourth-order valence-electron chi connectivity index (χ4n) is 1.79. The van der Waals surface area contributed by atoms with E-state index in [1.807, 2.05) is 24.3 Å². The fraction of sp³-hybridized carbons (Fsp3) is 0.176. The topological polar surface area (TPSA) is 62.1 Å². The predicted octanol–water partition coefficient (Wildman–Crippen LogP) is 4.07. The van der Waals surface area contributed by atoms with Gasteiger partial charge in [-0.05, 0) is 36.4 Å². The second-order valence-electron chi connectivity index (χ2n) is 4.56. The number of nitriles is 1. The van der Waals surface area contributed by atoms with E-state index in [1.165, 1.54) is 11.8 Å². The summed E-state index contributed by atoms with van der Waals surface area (Å²) >= 11 is 4.85. The molecule has 0 aliphatic rings. The molecule has 0 spiro atoms. The highest BCUT2D eigenvalue weighted by molar-refractivity contribution is 9.10. The van der Waals surface area contributed by atoms with Crippen molar-refractivity contribution in [3.8, 4) is 11.8 Å². The molecule has 2 aromatic rings. The molecular weight excluding hydrogens is 376 g/mol. The first-order valence-electron chi connectivity index (χ1n) is 6.94. The zero-order valence-electron chi connectivity index (χ0n) is 12.3. The van der Waals surface area contributed by atoms with E-state index < -0.39 is 0 Å². The van der Waals surface area contributed by atoms with E-state index in [-0.39, 0.29) is 5.91 Å². The van der Waals surface area contributed by atoms with Crippen LogP contribution >= 0.6 is 27.7 Å². The van der Waals surface area contributed by atoms with Crippen molar-refractivity contribution in [2.24, 2.45) is 0 Å². The van der Waals surface area contributed by atoms with Crippen molar-refractivity contribution >= 4 is 39.3 Å². The van der Waals surface area contributed by atoms with Crippen LogP contribution in [-0.2, 0) is 4.79 Å².